The molecule has 0 aliphatic carbocycles. The molecule has 8 aromatic rings. The Morgan fingerprint density at radius 2 is 1.33 bits per heavy atom. The van der Waals surface area contributed by atoms with Crippen molar-refractivity contribution in [3.8, 4) is 51.8 Å². The average molecular weight is 655 g/mol. The van der Waals surface area contributed by atoms with Gasteiger partial charge in [-0.3, -0.25) is 0 Å². The molecule has 0 amide bonds. The van der Waals surface area contributed by atoms with Crippen LogP contribution in [0.5, 0.6) is 0 Å². The van der Waals surface area contributed by atoms with Crippen LogP contribution in [0.2, 0.25) is 0 Å². The number of nitrogens with one attached hydrogen (secondary N) is 1. The highest BCUT2D eigenvalue weighted by molar-refractivity contribution is 6.11. The molecular formula is C45H30N6. The van der Waals surface area contributed by atoms with Gasteiger partial charge in [-0.2, -0.15) is 15.8 Å². The largest absolute Gasteiger partial charge is 0.312 e. The van der Waals surface area contributed by atoms with Gasteiger partial charge in [0.25, 0.3) is 0 Å². The summed E-state index contributed by atoms with van der Waals surface area (Å²) in [6.45, 7) is 4.09. The van der Waals surface area contributed by atoms with E-state index in [1.54, 1.807) is 6.07 Å². The van der Waals surface area contributed by atoms with Gasteiger partial charge in [0.1, 0.15) is 6.07 Å². The van der Waals surface area contributed by atoms with E-state index in [4.69, 9.17) is 0 Å². The molecule has 51 heavy (non-hydrogen) atoms. The number of para-hydroxylation sites is 3. The molecule has 2 aromatic heterocycles. The summed E-state index contributed by atoms with van der Waals surface area (Å²) >= 11 is 0. The van der Waals surface area contributed by atoms with Crippen LogP contribution in [0.25, 0.3) is 66.3 Å². The minimum Gasteiger partial charge on any atom is -0.312 e. The molecular weight excluding hydrogens is 625 g/mol. The maximum absolute atomic E-state index is 10.2. The first-order valence-corrected chi connectivity index (χ1v) is 17.0. The maximum atomic E-state index is 10.2. The maximum Gasteiger partial charge on any atom is 0.101 e. The summed E-state index contributed by atoms with van der Waals surface area (Å²) in [6, 6.07) is 49.8. The van der Waals surface area contributed by atoms with Crippen LogP contribution in [0.3, 0.4) is 0 Å². The van der Waals surface area contributed by atoms with Crippen molar-refractivity contribution in [2.24, 2.45) is 0 Å². The second-order valence-corrected chi connectivity index (χ2v) is 13.2. The van der Waals surface area contributed by atoms with E-state index in [9.17, 15) is 15.8 Å². The topological polar surface area (TPSA) is 93.3 Å². The number of rotatable bonds is 4. The molecule has 9 rings (SSSR count). The van der Waals surface area contributed by atoms with Gasteiger partial charge >= 0.3 is 0 Å². The molecule has 3 heterocycles. The molecule has 1 aliphatic heterocycles. The first-order chi connectivity index (χ1) is 25.1. The van der Waals surface area contributed by atoms with Gasteiger partial charge < -0.3 is 14.5 Å². The van der Waals surface area contributed by atoms with Crippen molar-refractivity contribution in [2.75, 3.05) is 6.54 Å². The summed E-state index contributed by atoms with van der Waals surface area (Å²) in [7, 11) is 0. The third kappa shape index (κ3) is 4.65. The molecule has 0 bridgehead atoms. The smallest absolute Gasteiger partial charge is 0.101 e. The number of nitriles is 3. The lowest BCUT2D eigenvalue weighted by molar-refractivity contribution is 0.556. The van der Waals surface area contributed by atoms with Crippen molar-refractivity contribution >= 4 is 32.7 Å². The first kappa shape index (κ1) is 30.2. The normalized spacial score (nSPS) is 13.9. The Hall–Kier alpha value is -6.91. The van der Waals surface area contributed by atoms with Gasteiger partial charge in [0.05, 0.1) is 51.1 Å². The number of hydrogen-bond donors (Lipinski definition) is 1. The zero-order chi connectivity index (χ0) is 34.6. The summed E-state index contributed by atoms with van der Waals surface area (Å²) in [5.41, 5.74) is 13.2. The average Bonchev–Trinajstić information content (AvgIpc) is 3.71. The summed E-state index contributed by atoms with van der Waals surface area (Å²) in [5.74, 6) is 0.362. The highest BCUT2D eigenvalue weighted by Gasteiger charge is 2.26. The van der Waals surface area contributed by atoms with Crippen LogP contribution < -0.4 is 5.32 Å². The van der Waals surface area contributed by atoms with E-state index in [0.29, 0.717) is 22.6 Å². The number of nitrogens with zero attached hydrogens (tertiary/aromatic N) is 5. The fourth-order valence-corrected chi connectivity index (χ4v) is 8.05. The standard InChI is InChI=1S/C45H30N6/c1-28-26-49-27-40-36-9-3-5-12-42(36)51(44(28)40)41-11-4-2-8-35(41)30-14-16-31(17-15-30)38-22-34(19-18-32(38)24-47)50-43-20-13-29(23-46)21-39(43)37-10-6-7-33(25-48)45(37)50/h2-22,28,49H,26-27H2,1H3. The van der Waals surface area contributed by atoms with Gasteiger partial charge in [-0.1, -0.05) is 79.7 Å². The molecule has 240 valence electrons. The summed E-state index contributed by atoms with van der Waals surface area (Å²) < 4.78 is 4.52. The zero-order valence-electron chi connectivity index (χ0n) is 27.9. The van der Waals surface area contributed by atoms with Crippen molar-refractivity contribution in [1.29, 1.82) is 15.8 Å². The molecule has 1 unspecified atom stereocenters. The second-order valence-electron chi connectivity index (χ2n) is 13.2. The summed E-state index contributed by atoms with van der Waals surface area (Å²) in [4.78, 5) is 0. The Labute approximate surface area is 295 Å². The van der Waals surface area contributed by atoms with Crippen LogP contribution in [0, 0.1) is 34.0 Å². The van der Waals surface area contributed by atoms with E-state index >= 15 is 0 Å². The lowest BCUT2D eigenvalue weighted by Gasteiger charge is -2.24. The van der Waals surface area contributed by atoms with Gasteiger partial charge in [-0.05, 0) is 71.3 Å². The molecule has 6 nitrogen and oxygen atoms in total. The number of aromatic nitrogens is 2. The van der Waals surface area contributed by atoms with E-state index in [0.717, 1.165) is 68.5 Å². The van der Waals surface area contributed by atoms with E-state index in [2.05, 4.69) is 112 Å². The van der Waals surface area contributed by atoms with E-state index in [1.165, 1.54) is 22.2 Å². The predicted molar refractivity (Wildman–Crippen MR) is 203 cm³/mol. The summed E-state index contributed by atoms with van der Waals surface area (Å²) in [5, 5.41) is 36.7. The Morgan fingerprint density at radius 1 is 0.608 bits per heavy atom. The Bertz CT molecular complexity index is 2830. The Balaban J connectivity index is 1.18. The molecule has 1 aliphatic rings. The third-order valence-electron chi connectivity index (χ3n) is 10.3. The molecule has 0 radical (unpaired) electrons. The second kappa shape index (κ2) is 11.9. The first-order valence-electron chi connectivity index (χ1n) is 17.0. The lowest BCUT2D eigenvalue weighted by Crippen LogP contribution is -2.27. The molecule has 0 spiro atoms. The highest BCUT2D eigenvalue weighted by atomic mass is 15.0. The lowest BCUT2D eigenvalue weighted by atomic mass is 9.95. The highest BCUT2D eigenvalue weighted by Crippen LogP contribution is 2.40. The summed E-state index contributed by atoms with van der Waals surface area (Å²) in [6.07, 6.45) is 0. The van der Waals surface area contributed by atoms with Crippen molar-refractivity contribution in [3.63, 3.8) is 0 Å². The molecule has 0 saturated carbocycles. The van der Waals surface area contributed by atoms with E-state index < -0.39 is 0 Å². The van der Waals surface area contributed by atoms with Crippen LogP contribution in [0.1, 0.15) is 40.8 Å². The van der Waals surface area contributed by atoms with Crippen molar-refractivity contribution in [3.05, 3.63) is 155 Å². The molecule has 1 N–H and O–H groups in total. The minimum atomic E-state index is 0.362. The van der Waals surface area contributed by atoms with Crippen LogP contribution in [-0.4, -0.2) is 15.7 Å². The van der Waals surface area contributed by atoms with E-state index in [1.807, 2.05) is 48.5 Å². The number of benzene rings is 6. The zero-order valence-corrected chi connectivity index (χ0v) is 27.9. The number of hydrogen-bond acceptors (Lipinski definition) is 4. The molecule has 6 aromatic carbocycles. The van der Waals surface area contributed by atoms with Crippen LogP contribution in [0.15, 0.2) is 127 Å². The number of fused-ring (bicyclic) bond motifs is 6. The molecule has 0 saturated heterocycles. The van der Waals surface area contributed by atoms with Gasteiger partial charge in [-0.15, -0.1) is 0 Å². The third-order valence-corrected chi connectivity index (χ3v) is 10.3. The van der Waals surface area contributed by atoms with Crippen molar-refractivity contribution in [1.82, 2.24) is 14.5 Å². The fourth-order valence-electron chi connectivity index (χ4n) is 8.05. The van der Waals surface area contributed by atoms with Gasteiger partial charge in [0.2, 0.25) is 0 Å². The molecule has 1 atom stereocenters. The van der Waals surface area contributed by atoms with Gasteiger partial charge in [0.15, 0.2) is 0 Å². The van der Waals surface area contributed by atoms with E-state index in [-0.39, 0.29) is 0 Å². The Morgan fingerprint density at radius 3 is 2.14 bits per heavy atom. The molecule has 0 fully saturated rings. The predicted octanol–water partition coefficient (Wildman–Crippen LogP) is 9.88. The minimum absolute atomic E-state index is 0.362. The van der Waals surface area contributed by atoms with Gasteiger partial charge in [-0.25, -0.2) is 0 Å². The van der Waals surface area contributed by atoms with Crippen LogP contribution >= 0.6 is 0 Å². The van der Waals surface area contributed by atoms with Crippen LogP contribution in [-0.2, 0) is 6.54 Å². The van der Waals surface area contributed by atoms with Crippen molar-refractivity contribution in [2.45, 2.75) is 19.4 Å². The molecule has 6 heteroatoms. The van der Waals surface area contributed by atoms with Crippen LogP contribution in [0.4, 0.5) is 0 Å². The quantitative estimate of drug-likeness (QED) is 0.204. The fraction of sp³-hybridized carbons (Fsp3) is 0.0889. The Kier molecular flexibility index (Phi) is 7.04. The SMILES string of the molecule is CC1CNCc2c1n(-c1ccccc1-c1ccc(-c3cc(-n4c5ccc(C#N)cc5c5cccc(C#N)c54)ccc3C#N)cc1)c1ccccc21. The monoisotopic (exact) mass is 654 g/mol. The van der Waals surface area contributed by atoms with Crippen molar-refractivity contribution < 1.29 is 0 Å². The van der Waals surface area contributed by atoms with Gasteiger partial charge in [0, 0.05) is 57.7 Å².